The first-order valence-electron chi connectivity index (χ1n) is 8.85. The number of nitrogens with two attached hydrogens (primary N) is 1. The van der Waals surface area contributed by atoms with Crippen molar-refractivity contribution in [2.75, 3.05) is 10.2 Å². The zero-order valence-corrected chi connectivity index (χ0v) is 16.4. The van der Waals surface area contributed by atoms with Crippen molar-refractivity contribution in [2.45, 2.75) is 26.4 Å². The van der Waals surface area contributed by atoms with Gasteiger partial charge < -0.3 is 10.6 Å². The van der Waals surface area contributed by atoms with Crippen molar-refractivity contribution in [2.24, 2.45) is 26.4 Å². The fourth-order valence-corrected chi connectivity index (χ4v) is 2.48. The van der Waals surface area contributed by atoms with Crippen molar-refractivity contribution in [3.8, 4) is 0 Å². The first-order valence-corrected chi connectivity index (χ1v) is 8.85. The lowest BCUT2D eigenvalue weighted by Crippen LogP contribution is -2.47. The van der Waals surface area contributed by atoms with Crippen LogP contribution in [0, 0.1) is 0 Å². The Kier molecular flexibility index (Phi) is 5.72. The van der Waals surface area contributed by atoms with Gasteiger partial charge >= 0.3 is 5.97 Å². The zero-order chi connectivity index (χ0) is 20.9. The van der Waals surface area contributed by atoms with Gasteiger partial charge in [0.15, 0.2) is 6.34 Å². The SMILES string of the molecule is CC(C)(C)OC(=O)C1=NN(c2ccccc2)N(c2ccccc2)N1N=NC=NN. The van der Waals surface area contributed by atoms with E-state index >= 15 is 0 Å². The molecule has 0 saturated heterocycles. The van der Waals surface area contributed by atoms with Crippen molar-refractivity contribution < 1.29 is 9.53 Å². The molecule has 29 heavy (non-hydrogen) atoms. The fourth-order valence-electron chi connectivity index (χ4n) is 2.48. The molecule has 1 aliphatic heterocycles. The number of rotatable bonds is 5. The minimum atomic E-state index is -0.709. The van der Waals surface area contributed by atoms with Gasteiger partial charge in [0.1, 0.15) is 5.60 Å². The van der Waals surface area contributed by atoms with Crippen LogP contribution in [0.2, 0.25) is 0 Å². The van der Waals surface area contributed by atoms with Crippen molar-refractivity contribution in [3.63, 3.8) is 0 Å². The van der Waals surface area contributed by atoms with Gasteiger partial charge in [-0.15, -0.1) is 25.6 Å². The van der Waals surface area contributed by atoms with E-state index in [9.17, 15) is 4.79 Å². The number of ether oxygens (including phenoxy) is 1. The van der Waals surface area contributed by atoms with Gasteiger partial charge in [0.05, 0.1) is 11.4 Å². The van der Waals surface area contributed by atoms with Gasteiger partial charge in [-0.2, -0.15) is 5.10 Å². The maximum Gasteiger partial charge on any atom is 0.380 e. The Balaban J connectivity index is 2.10. The molecule has 0 aliphatic carbocycles. The molecule has 0 spiro atoms. The number of hydrazone groups is 2. The molecule has 0 saturated carbocycles. The Morgan fingerprint density at radius 1 is 1.03 bits per heavy atom. The van der Waals surface area contributed by atoms with Crippen molar-refractivity contribution in [1.29, 1.82) is 0 Å². The third-order valence-electron chi connectivity index (χ3n) is 3.55. The summed E-state index contributed by atoms with van der Waals surface area (Å²) in [6, 6.07) is 18.6. The molecule has 0 aromatic heterocycles. The van der Waals surface area contributed by atoms with E-state index in [1.165, 1.54) is 10.2 Å². The number of anilines is 2. The largest absolute Gasteiger partial charge is 0.454 e. The molecule has 2 N–H and O–H groups in total. The summed E-state index contributed by atoms with van der Waals surface area (Å²) < 4.78 is 5.50. The highest BCUT2D eigenvalue weighted by molar-refractivity contribution is 6.36. The number of hydrazine groups is 2. The Morgan fingerprint density at radius 2 is 1.62 bits per heavy atom. The number of amidine groups is 1. The minimum absolute atomic E-state index is 0.0678. The first kappa shape index (κ1) is 19.8. The Hall–Kier alpha value is -3.95. The van der Waals surface area contributed by atoms with Gasteiger partial charge in [-0.25, -0.2) is 4.79 Å². The summed E-state index contributed by atoms with van der Waals surface area (Å²) in [5.41, 5.74) is 0.698. The second-order valence-corrected chi connectivity index (χ2v) is 6.93. The smallest absolute Gasteiger partial charge is 0.380 e. The molecular formula is C19H22N8O2. The van der Waals surface area contributed by atoms with E-state index in [-0.39, 0.29) is 5.84 Å². The normalized spacial score (nSPS) is 14.7. The highest BCUT2D eigenvalue weighted by Gasteiger charge is 2.40. The topological polar surface area (TPSA) is 111 Å². The zero-order valence-electron chi connectivity index (χ0n) is 16.4. The molecule has 150 valence electrons. The predicted molar refractivity (Wildman–Crippen MR) is 110 cm³/mol. The maximum atomic E-state index is 12.8. The van der Waals surface area contributed by atoms with E-state index in [0.717, 1.165) is 6.34 Å². The second kappa shape index (κ2) is 8.38. The van der Waals surface area contributed by atoms with Crippen LogP contribution in [0.25, 0.3) is 0 Å². The number of nitrogens with zero attached hydrogens (tertiary/aromatic N) is 7. The maximum absolute atomic E-state index is 12.8. The molecule has 0 amide bonds. The van der Waals surface area contributed by atoms with E-state index < -0.39 is 11.6 Å². The van der Waals surface area contributed by atoms with Crippen LogP contribution < -0.4 is 16.1 Å². The molecule has 0 radical (unpaired) electrons. The number of carbonyl (C=O) groups is 1. The molecule has 0 unspecified atom stereocenters. The van der Waals surface area contributed by atoms with E-state index in [1.54, 1.807) is 25.9 Å². The number of esters is 1. The summed E-state index contributed by atoms with van der Waals surface area (Å²) in [6.45, 7) is 5.33. The van der Waals surface area contributed by atoms with Crippen molar-refractivity contribution in [1.82, 2.24) is 5.12 Å². The number of hydrogen-bond acceptors (Lipinski definition) is 8. The average Bonchev–Trinajstić information content (AvgIpc) is 3.08. The highest BCUT2D eigenvalue weighted by atomic mass is 16.6. The Bertz CT molecular complexity index is 922. The Labute approximate surface area is 168 Å². The third kappa shape index (κ3) is 4.67. The summed E-state index contributed by atoms with van der Waals surface area (Å²) in [5, 5.41) is 20.0. The molecule has 10 heteroatoms. The van der Waals surface area contributed by atoms with Gasteiger partial charge in [0.25, 0.3) is 5.84 Å². The molecule has 2 aromatic carbocycles. The van der Waals surface area contributed by atoms with Crippen LogP contribution in [0.4, 0.5) is 11.4 Å². The van der Waals surface area contributed by atoms with Crippen LogP contribution in [0.5, 0.6) is 0 Å². The van der Waals surface area contributed by atoms with Gasteiger partial charge in [-0.3, -0.25) is 0 Å². The number of benzene rings is 2. The van der Waals surface area contributed by atoms with Gasteiger partial charge in [-0.1, -0.05) is 36.4 Å². The van der Waals surface area contributed by atoms with Crippen LogP contribution in [0.3, 0.4) is 0 Å². The summed E-state index contributed by atoms with van der Waals surface area (Å²) in [4.78, 5) is 12.8. The molecule has 1 heterocycles. The fraction of sp³-hybridized carbons (Fsp3) is 0.211. The predicted octanol–water partition coefficient (Wildman–Crippen LogP) is 3.07. The quantitative estimate of drug-likeness (QED) is 0.208. The summed E-state index contributed by atoms with van der Waals surface area (Å²) in [6.07, 6.45) is 1.06. The van der Waals surface area contributed by atoms with Crippen molar-refractivity contribution >= 4 is 29.5 Å². The standard InChI is InChI=1S/C19H22N8O2/c1-19(2,3)29-18(28)17-23-25(15-10-6-4-7-11-15)27(16-12-8-5-9-13-16)26(17)24-22-14-21-20/h4-14H,20H2,1-3H3. The number of para-hydroxylation sites is 2. The van der Waals surface area contributed by atoms with Gasteiger partial charge in [0, 0.05) is 0 Å². The molecular weight excluding hydrogens is 372 g/mol. The van der Waals surface area contributed by atoms with Crippen molar-refractivity contribution in [3.05, 3.63) is 60.7 Å². The van der Waals surface area contributed by atoms with E-state index in [1.807, 2.05) is 60.7 Å². The monoisotopic (exact) mass is 394 g/mol. The van der Waals surface area contributed by atoms with Crippen LogP contribution in [-0.4, -0.2) is 28.9 Å². The molecule has 0 fully saturated rings. The van der Waals surface area contributed by atoms with E-state index in [2.05, 4.69) is 20.5 Å². The summed E-state index contributed by atoms with van der Waals surface area (Å²) >= 11 is 0. The van der Waals surface area contributed by atoms with E-state index in [0.29, 0.717) is 11.4 Å². The minimum Gasteiger partial charge on any atom is -0.454 e. The lowest BCUT2D eigenvalue weighted by Gasteiger charge is -2.31. The summed E-state index contributed by atoms with van der Waals surface area (Å²) in [7, 11) is 0. The second-order valence-electron chi connectivity index (χ2n) is 6.93. The molecule has 3 rings (SSSR count). The number of hydrogen-bond donors (Lipinski definition) is 1. The summed E-state index contributed by atoms with van der Waals surface area (Å²) in [5.74, 6) is 4.39. The Morgan fingerprint density at radius 3 is 2.17 bits per heavy atom. The lowest BCUT2D eigenvalue weighted by atomic mass is 10.2. The molecule has 10 nitrogen and oxygen atoms in total. The van der Waals surface area contributed by atoms with Crippen LogP contribution >= 0.6 is 0 Å². The molecule has 0 bridgehead atoms. The average molecular weight is 394 g/mol. The highest BCUT2D eigenvalue weighted by Crippen LogP contribution is 2.30. The van der Waals surface area contributed by atoms with Crippen LogP contribution in [0.15, 0.2) is 81.2 Å². The third-order valence-corrected chi connectivity index (χ3v) is 3.55. The van der Waals surface area contributed by atoms with Crippen LogP contribution in [0.1, 0.15) is 20.8 Å². The molecule has 2 aromatic rings. The number of carbonyl (C=O) groups excluding carboxylic acids is 1. The van der Waals surface area contributed by atoms with Gasteiger partial charge in [0.2, 0.25) is 0 Å². The van der Waals surface area contributed by atoms with Gasteiger partial charge in [-0.05, 0) is 50.3 Å². The van der Waals surface area contributed by atoms with Crippen LogP contribution in [-0.2, 0) is 9.53 Å². The first-order chi connectivity index (χ1) is 13.9. The van der Waals surface area contributed by atoms with E-state index in [4.69, 9.17) is 10.6 Å². The molecule has 0 atom stereocenters. The lowest BCUT2D eigenvalue weighted by molar-refractivity contribution is -0.147. The molecule has 1 aliphatic rings.